The van der Waals surface area contributed by atoms with Crippen molar-refractivity contribution in [2.24, 2.45) is 5.92 Å². The van der Waals surface area contributed by atoms with E-state index in [2.05, 4.69) is 0 Å². The monoisotopic (exact) mass is 504 g/mol. The van der Waals surface area contributed by atoms with Crippen LogP contribution in [0.5, 0.6) is 11.5 Å². The first-order valence-corrected chi connectivity index (χ1v) is 11.8. The Morgan fingerprint density at radius 1 is 0.833 bits per heavy atom. The van der Waals surface area contributed by atoms with Crippen LogP contribution in [0.25, 0.3) is 11.1 Å². The summed E-state index contributed by atoms with van der Waals surface area (Å²) in [4.78, 5) is 12.6. The number of aryl methyl sites for hydroxylation is 1. The molecular weight excluding hydrogens is 479 g/mol. The van der Waals surface area contributed by atoms with Crippen LogP contribution in [-0.2, 0) is 4.79 Å². The summed E-state index contributed by atoms with van der Waals surface area (Å²) in [6, 6.07) is 9.02. The van der Waals surface area contributed by atoms with E-state index in [0.29, 0.717) is 31.2 Å². The molecule has 190 valence electrons. The van der Waals surface area contributed by atoms with Crippen molar-refractivity contribution < 1.29 is 36.2 Å². The molecule has 0 aliphatic heterocycles. The van der Waals surface area contributed by atoms with Gasteiger partial charge in [0, 0.05) is 17.2 Å². The molecule has 1 saturated carbocycles. The van der Waals surface area contributed by atoms with Gasteiger partial charge in [-0.2, -0.15) is 4.39 Å². The third kappa shape index (κ3) is 5.08. The van der Waals surface area contributed by atoms with Crippen molar-refractivity contribution in [3.05, 3.63) is 82.7 Å². The molecule has 3 aromatic rings. The Kier molecular flexibility index (Phi) is 7.62. The minimum atomic E-state index is -1.24. The summed E-state index contributed by atoms with van der Waals surface area (Å²) < 4.78 is 82.0. The number of ether oxygens (including phenoxy) is 2. The molecule has 1 aliphatic rings. The molecule has 36 heavy (non-hydrogen) atoms. The van der Waals surface area contributed by atoms with Gasteiger partial charge in [0.05, 0.1) is 12.5 Å². The second-order valence-corrected chi connectivity index (χ2v) is 8.88. The van der Waals surface area contributed by atoms with Gasteiger partial charge in [-0.25, -0.2) is 17.6 Å². The molecule has 0 atom stereocenters. The molecule has 0 bridgehead atoms. The summed E-state index contributed by atoms with van der Waals surface area (Å²) in [5.41, 5.74) is 0.0641. The standard InChI is InChI=1S/C28H25F5O3/c1-3-35-23-13-12-21(26(32)27(23)33)20-11-9-18(14-22(20)29)36-28(34)17-7-5-16(6-8-17)19-10-4-15(2)24(30)25(19)31/h4,9-14,16-17H,3,5-8H2,1-2H3. The van der Waals surface area contributed by atoms with Crippen LogP contribution in [-0.4, -0.2) is 12.6 Å². The van der Waals surface area contributed by atoms with E-state index >= 15 is 0 Å². The Morgan fingerprint density at radius 2 is 1.53 bits per heavy atom. The predicted molar refractivity (Wildman–Crippen MR) is 124 cm³/mol. The quantitative estimate of drug-likeness (QED) is 0.197. The SMILES string of the molecule is CCOc1ccc(-c2ccc(OC(=O)C3CCC(c4ccc(C)c(F)c4F)CC3)cc2F)c(F)c1F. The lowest BCUT2D eigenvalue weighted by Crippen LogP contribution is -2.25. The molecule has 0 N–H and O–H groups in total. The van der Waals surface area contributed by atoms with E-state index in [0.717, 1.165) is 6.07 Å². The third-order valence-corrected chi connectivity index (χ3v) is 6.60. The van der Waals surface area contributed by atoms with Crippen molar-refractivity contribution in [2.45, 2.75) is 45.4 Å². The Labute approximate surface area is 205 Å². The summed E-state index contributed by atoms with van der Waals surface area (Å²) in [5.74, 6) is -6.62. The highest BCUT2D eigenvalue weighted by atomic mass is 19.2. The van der Waals surface area contributed by atoms with Crippen LogP contribution in [0.4, 0.5) is 22.0 Å². The zero-order chi connectivity index (χ0) is 26.0. The fourth-order valence-electron chi connectivity index (χ4n) is 4.60. The molecule has 3 aromatic carbocycles. The van der Waals surface area contributed by atoms with E-state index in [1.54, 1.807) is 19.1 Å². The smallest absolute Gasteiger partial charge is 0.314 e. The van der Waals surface area contributed by atoms with Crippen molar-refractivity contribution >= 4 is 5.97 Å². The minimum absolute atomic E-state index is 0.0677. The molecule has 0 unspecified atom stereocenters. The van der Waals surface area contributed by atoms with Crippen LogP contribution in [0, 0.1) is 41.9 Å². The van der Waals surface area contributed by atoms with Gasteiger partial charge in [0.25, 0.3) is 0 Å². The van der Waals surface area contributed by atoms with E-state index in [-0.39, 0.29) is 40.7 Å². The molecule has 0 heterocycles. The average Bonchev–Trinajstić information content (AvgIpc) is 2.86. The number of carbonyl (C=O) groups is 1. The normalized spacial score (nSPS) is 17.6. The van der Waals surface area contributed by atoms with Gasteiger partial charge in [0.1, 0.15) is 11.6 Å². The molecule has 0 amide bonds. The van der Waals surface area contributed by atoms with Gasteiger partial charge < -0.3 is 9.47 Å². The van der Waals surface area contributed by atoms with E-state index in [1.807, 2.05) is 0 Å². The second kappa shape index (κ2) is 10.7. The maximum atomic E-state index is 14.7. The molecule has 0 saturated heterocycles. The Bertz CT molecular complexity index is 1280. The van der Waals surface area contributed by atoms with E-state index in [1.165, 1.54) is 31.2 Å². The Balaban J connectivity index is 1.42. The van der Waals surface area contributed by atoms with Crippen LogP contribution in [0.15, 0.2) is 42.5 Å². The van der Waals surface area contributed by atoms with Gasteiger partial charge in [-0.3, -0.25) is 4.79 Å². The molecule has 0 aromatic heterocycles. The van der Waals surface area contributed by atoms with Gasteiger partial charge in [-0.05, 0) is 80.8 Å². The lowest BCUT2D eigenvalue weighted by molar-refractivity contribution is -0.140. The Morgan fingerprint density at radius 3 is 2.19 bits per heavy atom. The summed E-state index contributed by atoms with van der Waals surface area (Å²) >= 11 is 0. The van der Waals surface area contributed by atoms with E-state index in [9.17, 15) is 26.7 Å². The number of esters is 1. The number of halogens is 5. The van der Waals surface area contributed by atoms with Crippen LogP contribution < -0.4 is 9.47 Å². The van der Waals surface area contributed by atoms with Gasteiger partial charge in [0.2, 0.25) is 5.82 Å². The number of hydrogen-bond acceptors (Lipinski definition) is 3. The third-order valence-electron chi connectivity index (χ3n) is 6.60. The average molecular weight is 504 g/mol. The summed E-state index contributed by atoms with van der Waals surface area (Å²) in [7, 11) is 0. The van der Waals surface area contributed by atoms with Crippen LogP contribution in [0.2, 0.25) is 0 Å². The second-order valence-electron chi connectivity index (χ2n) is 8.88. The first kappa shape index (κ1) is 25.7. The number of rotatable bonds is 6. The summed E-state index contributed by atoms with van der Waals surface area (Å²) in [6.07, 6.45) is 1.79. The molecular formula is C28H25F5O3. The molecule has 0 radical (unpaired) electrons. The first-order chi connectivity index (χ1) is 17.2. The van der Waals surface area contributed by atoms with Crippen LogP contribution in [0.1, 0.15) is 49.7 Å². The highest BCUT2D eigenvalue weighted by Crippen LogP contribution is 2.39. The highest BCUT2D eigenvalue weighted by Gasteiger charge is 2.30. The zero-order valence-electron chi connectivity index (χ0n) is 19.8. The lowest BCUT2D eigenvalue weighted by atomic mass is 9.78. The molecule has 0 spiro atoms. The maximum Gasteiger partial charge on any atom is 0.314 e. The predicted octanol–water partition coefficient (Wildman–Crippen LogP) is 7.64. The zero-order valence-corrected chi connectivity index (χ0v) is 19.8. The summed E-state index contributed by atoms with van der Waals surface area (Å²) in [6.45, 7) is 3.27. The number of hydrogen-bond donors (Lipinski definition) is 0. The fourth-order valence-corrected chi connectivity index (χ4v) is 4.60. The van der Waals surface area contributed by atoms with Gasteiger partial charge in [-0.15, -0.1) is 0 Å². The summed E-state index contributed by atoms with van der Waals surface area (Å²) in [5, 5.41) is 0. The molecule has 3 nitrogen and oxygen atoms in total. The number of benzene rings is 3. The van der Waals surface area contributed by atoms with E-state index < -0.39 is 41.0 Å². The molecule has 1 aliphatic carbocycles. The molecule has 8 heteroatoms. The van der Waals surface area contributed by atoms with Crippen molar-refractivity contribution in [3.63, 3.8) is 0 Å². The van der Waals surface area contributed by atoms with Crippen molar-refractivity contribution in [1.29, 1.82) is 0 Å². The van der Waals surface area contributed by atoms with Crippen molar-refractivity contribution in [3.8, 4) is 22.6 Å². The van der Waals surface area contributed by atoms with Gasteiger partial charge in [-0.1, -0.05) is 12.1 Å². The number of carbonyl (C=O) groups excluding carboxylic acids is 1. The van der Waals surface area contributed by atoms with Crippen LogP contribution >= 0.6 is 0 Å². The minimum Gasteiger partial charge on any atom is -0.491 e. The van der Waals surface area contributed by atoms with E-state index in [4.69, 9.17) is 9.47 Å². The first-order valence-electron chi connectivity index (χ1n) is 11.8. The lowest BCUT2D eigenvalue weighted by Gasteiger charge is -2.28. The topological polar surface area (TPSA) is 35.5 Å². The molecule has 1 fully saturated rings. The van der Waals surface area contributed by atoms with Crippen molar-refractivity contribution in [1.82, 2.24) is 0 Å². The fraction of sp³-hybridized carbons (Fsp3) is 0.321. The largest absolute Gasteiger partial charge is 0.491 e. The van der Waals surface area contributed by atoms with Crippen LogP contribution in [0.3, 0.4) is 0 Å². The van der Waals surface area contributed by atoms with Gasteiger partial charge in [0.15, 0.2) is 23.2 Å². The Hall–Kier alpha value is -3.42. The molecule has 4 rings (SSSR count). The van der Waals surface area contributed by atoms with Gasteiger partial charge >= 0.3 is 5.97 Å². The maximum absolute atomic E-state index is 14.7. The highest BCUT2D eigenvalue weighted by molar-refractivity contribution is 5.76. The van der Waals surface area contributed by atoms with Crippen molar-refractivity contribution in [2.75, 3.05) is 6.61 Å².